The van der Waals surface area contributed by atoms with Crippen LogP contribution in [0.2, 0.25) is 0 Å². The van der Waals surface area contributed by atoms with Crippen LogP contribution in [-0.4, -0.2) is 0 Å². The minimum Gasteiger partial charge on any atom is -0.324 e. The van der Waals surface area contributed by atoms with E-state index in [1.807, 2.05) is 13.0 Å². The van der Waals surface area contributed by atoms with Crippen molar-refractivity contribution >= 4 is 15.9 Å². The number of nitrogens with zero attached hydrogens (tertiary/aromatic N) is 1. The second-order valence-corrected chi connectivity index (χ2v) is 3.49. The monoisotopic (exact) mass is 224 g/mol. The van der Waals surface area contributed by atoms with Crippen LogP contribution >= 0.6 is 15.9 Å². The fourth-order valence-corrected chi connectivity index (χ4v) is 1.57. The predicted octanol–water partition coefficient (Wildman–Crippen LogP) is 2.34. The SMILES string of the molecule is C[C@@H](N)c1cc(C#N)ccc1Br. The zero-order chi connectivity index (χ0) is 9.14. The van der Waals surface area contributed by atoms with Crippen LogP contribution in [0.15, 0.2) is 22.7 Å². The van der Waals surface area contributed by atoms with Gasteiger partial charge in [0, 0.05) is 10.5 Å². The molecule has 0 saturated heterocycles. The number of rotatable bonds is 1. The first-order chi connectivity index (χ1) is 5.65. The summed E-state index contributed by atoms with van der Waals surface area (Å²) < 4.78 is 0.955. The molecule has 62 valence electrons. The average Bonchev–Trinajstić information content (AvgIpc) is 2.05. The van der Waals surface area contributed by atoms with E-state index in [0.29, 0.717) is 5.56 Å². The first-order valence-corrected chi connectivity index (χ1v) is 4.39. The van der Waals surface area contributed by atoms with Gasteiger partial charge in [-0.05, 0) is 30.7 Å². The number of hydrogen-bond donors (Lipinski definition) is 1. The minimum absolute atomic E-state index is 0.0484. The summed E-state index contributed by atoms with van der Waals surface area (Å²) in [6, 6.07) is 7.43. The van der Waals surface area contributed by atoms with E-state index in [1.165, 1.54) is 0 Å². The fourth-order valence-electron chi connectivity index (χ4n) is 0.962. The normalized spacial score (nSPS) is 12.2. The van der Waals surface area contributed by atoms with Crippen LogP contribution in [0.1, 0.15) is 24.1 Å². The molecule has 0 bridgehead atoms. The zero-order valence-corrected chi connectivity index (χ0v) is 8.30. The Morgan fingerprint density at radius 2 is 2.25 bits per heavy atom. The van der Waals surface area contributed by atoms with Crippen LogP contribution in [0, 0.1) is 11.3 Å². The highest BCUT2D eigenvalue weighted by molar-refractivity contribution is 9.10. The standard InChI is InChI=1S/C9H9BrN2/c1-6(12)8-4-7(5-11)2-3-9(8)10/h2-4,6H,12H2,1H3/t6-/m1/s1. The van der Waals surface area contributed by atoms with Crippen LogP contribution in [0.3, 0.4) is 0 Å². The Morgan fingerprint density at radius 1 is 1.58 bits per heavy atom. The molecule has 0 fully saturated rings. The van der Waals surface area contributed by atoms with Gasteiger partial charge in [0.05, 0.1) is 11.6 Å². The molecule has 3 heteroatoms. The van der Waals surface area contributed by atoms with E-state index in [-0.39, 0.29) is 6.04 Å². The van der Waals surface area contributed by atoms with Crippen LogP contribution in [0.4, 0.5) is 0 Å². The molecule has 0 amide bonds. The molecule has 0 aliphatic rings. The van der Waals surface area contributed by atoms with Crippen molar-refractivity contribution in [3.05, 3.63) is 33.8 Å². The van der Waals surface area contributed by atoms with Gasteiger partial charge in [-0.2, -0.15) is 5.26 Å². The molecule has 0 unspecified atom stereocenters. The minimum atomic E-state index is -0.0484. The third kappa shape index (κ3) is 1.84. The summed E-state index contributed by atoms with van der Waals surface area (Å²) in [6.07, 6.45) is 0. The maximum atomic E-state index is 8.63. The highest BCUT2D eigenvalue weighted by Crippen LogP contribution is 2.22. The summed E-state index contributed by atoms with van der Waals surface area (Å²) in [4.78, 5) is 0. The molecular weight excluding hydrogens is 216 g/mol. The Labute approximate surface area is 80.1 Å². The van der Waals surface area contributed by atoms with Crippen molar-refractivity contribution in [2.45, 2.75) is 13.0 Å². The molecule has 12 heavy (non-hydrogen) atoms. The highest BCUT2D eigenvalue weighted by Gasteiger charge is 2.04. The molecule has 1 aromatic rings. The van der Waals surface area contributed by atoms with Crippen molar-refractivity contribution < 1.29 is 0 Å². The molecule has 0 radical (unpaired) electrons. The van der Waals surface area contributed by atoms with Gasteiger partial charge in [-0.15, -0.1) is 0 Å². The number of nitrogens with two attached hydrogens (primary N) is 1. The van der Waals surface area contributed by atoms with E-state index in [1.54, 1.807) is 12.1 Å². The molecule has 0 aliphatic carbocycles. The van der Waals surface area contributed by atoms with E-state index in [2.05, 4.69) is 22.0 Å². The molecule has 2 N–H and O–H groups in total. The molecular formula is C9H9BrN2. The largest absolute Gasteiger partial charge is 0.324 e. The van der Waals surface area contributed by atoms with Crippen LogP contribution in [0.25, 0.3) is 0 Å². The van der Waals surface area contributed by atoms with Crippen molar-refractivity contribution in [3.8, 4) is 6.07 Å². The molecule has 1 aromatic carbocycles. The number of hydrogen-bond acceptors (Lipinski definition) is 2. The zero-order valence-electron chi connectivity index (χ0n) is 6.71. The summed E-state index contributed by atoms with van der Waals surface area (Å²) >= 11 is 3.37. The molecule has 1 rings (SSSR count). The van der Waals surface area contributed by atoms with Crippen LogP contribution in [-0.2, 0) is 0 Å². The van der Waals surface area contributed by atoms with Crippen molar-refractivity contribution in [3.63, 3.8) is 0 Å². The lowest BCUT2D eigenvalue weighted by Gasteiger charge is -2.07. The second-order valence-electron chi connectivity index (χ2n) is 2.64. The summed E-state index contributed by atoms with van der Waals surface area (Å²) in [6.45, 7) is 1.89. The van der Waals surface area contributed by atoms with Gasteiger partial charge in [-0.25, -0.2) is 0 Å². The van der Waals surface area contributed by atoms with Crippen LogP contribution < -0.4 is 5.73 Å². The van der Waals surface area contributed by atoms with Gasteiger partial charge < -0.3 is 5.73 Å². The van der Waals surface area contributed by atoms with Crippen molar-refractivity contribution in [1.82, 2.24) is 0 Å². The fraction of sp³-hybridized carbons (Fsp3) is 0.222. The lowest BCUT2D eigenvalue weighted by Crippen LogP contribution is -2.05. The van der Waals surface area contributed by atoms with E-state index in [4.69, 9.17) is 11.0 Å². The molecule has 2 nitrogen and oxygen atoms in total. The summed E-state index contributed by atoms with van der Waals surface area (Å²) in [5.74, 6) is 0. The van der Waals surface area contributed by atoms with E-state index in [9.17, 15) is 0 Å². The average molecular weight is 225 g/mol. The third-order valence-corrected chi connectivity index (χ3v) is 2.34. The van der Waals surface area contributed by atoms with Gasteiger partial charge in [-0.3, -0.25) is 0 Å². The topological polar surface area (TPSA) is 49.8 Å². The van der Waals surface area contributed by atoms with E-state index in [0.717, 1.165) is 10.0 Å². The Morgan fingerprint density at radius 3 is 2.75 bits per heavy atom. The first kappa shape index (κ1) is 9.24. The van der Waals surface area contributed by atoms with Crippen molar-refractivity contribution in [2.24, 2.45) is 5.73 Å². The number of halogens is 1. The Hall–Kier alpha value is -0.850. The number of benzene rings is 1. The molecule has 0 saturated carbocycles. The molecule has 0 aromatic heterocycles. The van der Waals surface area contributed by atoms with Crippen molar-refractivity contribution in [2.75, 3.05) is 0 Å². The maximum Gasteiger partial charge on any atom is 0.0991 e. The quantitative estimate of drug-likeness (QED) is 0.797. The molecule has 0 spiro atoms. The van der Waals surface area contributed by atoms with Gasteiger partial charge >= 0.3 is 0 Å². The maximum absolute atomic E-state index is 8.63. The van der Waals surface area contributed by atoms with E-state index < -0.39 is 0 Å². The van der Waals surface area contributed by atoms with Gasteiger partial charge in [-0.1, -0.05) is 15.9 Å². The van der Waals surface area contributed by atoms with Crippen LogP contribution in [0.5, 0.6) is 0 Å². The Bertz CT molecular complexity index is 326. The van der Waals surface area contributed by atoms with Gasteiger partial charge in [0.15, 0.2) is 0 Å². The summed E-state index contributed by atoms with van der Waals surface area (Å²) in [7, 11) is 0. The molecule has 0 aliphatic heterocycles. The molecule has 1 atom stereocenters. The van der Waals surface area contributed by atoms with E-state index >= 15 is 0 Å². The van der Waals surface area contributed by atoms with Gasteiger partial charge in [0.2, 0.25) is 0 Å². The Kier molecular flexibility index (Phi) is 2.85. The summed E-state index contributed by atoms with van der Waals surface area (Å²) in [5.41, 5.74) is 7.31. The number of nitriles is 1. The first-order valence-electron chi connectivity index (χ1n) is 3.60. The molecule has 0 heterocycles. The van der Waals surface area contributed by atoms with Gasteiger partial charge in [0.25, 0.3) is 0 Å². The lowest BCUT2D eigenvalue weighted by molar-refractivity contribution is 0.813. The summed E-state index contributed by atoms with van der Waals surface area (Å²) in [5, 5.41) is 8.63. The van der Waals surface area contributed by atoms with Crippen molar-refractivity contribution in [1.29, 1.82) is 5.26 Å². The van der Waals surface area contributed by atoms with Gasteiger partial charge in [0.1, 0.15) is 0 Å². The predicted molar refractivity (Wildman–Crippen MR) is 51.5 cm³/mol. The Balaban J connectivity index is 3.19. The smallest absolute Gasteiger partial charge is 0.0991 e. The third-order valence-electron chi connectivity index (χ3n) is 1.62. The highest BCUT2D eigenvalue weighted by atomic mass is 79.9. The second kappa shape index (κ2) is 3.70. The lowest BCUT2D eigenvalue weighted by atomic mass is 10.1.